The lowest BCUT2D eigenvalue weighted by molar-refractivity contribution is -0.496. The first-order valence-electron chi connectivity index (χ1n) is 36.7. The number of carbonyl (C=O) groups excluding carboxylic acids is 10. The van der Waals surface area contributed by atoms with E-state index >= 15 is 0 Å². The first-order chi connectivity index (χ1) is 51.2. The van der Waals surface area contributed by atoms with Crippen molar-refractivity contribution in [2.24, 2.45) is 28.6 Å². The highest BCUT2D eigenvalue weighted by molar-refractivity contribution is 5.80. The summed E-state index contributed by atoms with van der Waals surface area (Å²) in [6.45, 7) is 2.21. The number of ether oxygens (including phenoxy) is 9. The Kier molecular flexibility index (Phi) is 34.4. The molecule has 7 rings (SSSR count). The van der Waals surface area contributed by atoms with Crippen LogP contribution >= 0.6 is 0 Å². The number of hydrogen-bond acceptors (Lipinski definition) is 30. The van der Waals surface area contributed by atoms with E-state index in [4.69, 9.17) is 48.5 Å². The predicted molar refractivity (Wildman–Crippen MR) is 364 cm³/mol. The van der Waals surface area contributed by atoms with Gasteiger partial charge in [-0.3, -0.25) is 52.8 Å². The van der Waals surface area contributed by atoms with Gasteiger partial charge in [0.05, 0.1) is 94.7 Å². The average Bonchev–Trinajstić information content (AvgIpc) is 0.632. The van der Waals surface area contributed by atoms with Crippen molar-refractivity contribution >= 4 is 59.1 Å². The maximum atomic E-state index is 13.1. The summed E-state index contributed by atoms with van der Waals surface area (Å²) < 4.78 is 52.4. The Labute approximate surface area is 618 Å². The van der Waals surface area contributed by atoms with E-state index in [0.717, 1.165) is 0 Å². The van der Waals surface area contributed by atoms with Crippen molar-refractivity contribution in [1.82, 2.24) is 53.2 Å². The lowest BCUT2D eigenvalue weighted by atomic mass is 9.32. The Hall–Kier alpha value is -6.10. The molecule has 107 heavy (non-hydrogen) atoms. The molecule has 0 radical (unpaired) electrons. The van der Waals surface area contributed by atoms with Crippen LogP contribution in [0.3, 0.4) is 0 Å². The molecule has 19 unspecified atom stereocenters. The Bertz CT molecular complexity index is 2830. The van der Waals surface area contributed by atoms with Crippen LogP contribution in [0.15, 0.2) is 0 Å². The summed E-state index contributed by atoms with van der Waals surface area (Å²) >= 11 is 0. The SMILES string of the molecule is CC(=O)NC1C(OCCCCC(=O)NCCCNC(=O)CCOCC(COCCC(=O)NCCCNC(=O)CCCCOC2OC3C4(CO)C(O)C(O)C4C23NC(C)=O)(COCCC(=O)NCCCNC(=O)CCCCOC2OC3C4(CO)C(O)C(O)C4C23NC(C)=O)NC(=O)CON)OC(CO)C(O)C1O. The first-order valence-corrected chi connectivity index (χ1v) is 36.7. The minimum atomic E-state index is -1.50. The number of fused-ring (bicyclic) bond motifs is 8. The zero-order valence-corrected chi connectivity index (χ0v) is 61.0. The zero-order chi connectivity index (χ0) is 78.1. The van der Waals surface area contributed by atoms with Crippen LogP contribution in [0.2, 0.25) is 0 Å². The molecule has 0 aromatic heterocycles. The lowest BCUT2D eigenvalue weighted by Crippen LogP contribution is -3.01. The molecule has 19 atom stereocenters. The molecule has 7 aliphatic rings. The second-order valence-electron chi connectivity index (χ2n) is 28.4. The van der Waals surface area contributed by atoms with Crippen molar-refractivity contribution in [2.45, 2.75) is 214 Å². The summed E-state index contributed by atoms with van der Waals surface area (Å²) in [7, 11) is 0. The van der Waals surface area contributed by atoms with E-state index in [-0.39, 0.29) is 179 Å². The van der Waals surface area contributed by atoms with Crippen molar-refractivity contribution < 1.29 is 141 Å². The smallest absolute Gasteiger partial charge is 0.248 e. The molecule has 4 saturated carbocycles. The Morgan fingerprint density at radius 3 is 1.13 bits per heavy atom. The van der Waals surface area contributed by atoms with Gasteiger partial charge in [0.15, 0.2) is 18.9 Å². The molecule has 40 heteroatoms. The molecule has 0 bridgehead atoms. The fourth-order valence-electron chi connectivity index (χ4n) is 15.6. The summed E-state index contributed by atoms with van der Waals surface area (Å²) in [6.07, 6.45) is -9.34. The Morgan fingerprint density at radius 2 is 0.794 bits per heavy atom. The topological polar surface area (TPSA) is 591 Å². The van der Waals surface area contributed by atoms with E-state index in [1.807, 2.05) is 0 Å². The van der Waals surface area contributed by atoms with Gasteiger partial charge in [-0.2, -0.15) is 0 Å². The molecule has 3 saturated heterocycles. The number of aliphatic hydroxyl groups excluding tert-OH is 9. The minimum Gasteiger partial charge on any atom is -0.396 e. The van der Waals surface area contributed by atoms with Crippen molar-refractivity contribution in [1.29, 1.82) is 0 Å². The van der Waals surface area contributed by atoms with Crippen LogP contribution in [-0.4, -0.2) is 327 Å². The van der Waals surface area contributed by atoms with Gasteiger partial charge in [0.1, 0.15) is 59.8 Å². The van der Waals surface area contributed by atoms with Gasteiger partial charge in [-0.1, -0.05) is 0 Å². The molecule has 10 amide bonds. The Morgan fingerprint density at radius 1 is 0.430 bits per heavy atom. The van der Waals surface area contributed by atoms with Gasteiger partial charge in [-0.05, 0) is 57.8 Å². The molecule has 40 nitrogen and oxygen atoms in total. The monoisotopic (exact) mass is 1540 g/mol. The van der Waals surface area contributed by atoms with E-state index < -0.39 is 163 Å². The van der Waals surface area contributed by atoms with Crippen LogP contribution < -0.4 is 59.1 Å². The van der Waals surface area contributed by atoms with Crippen LogP contribution in [-0.2, 0) is 95.4 Å². The summed E-state index contributed by atoms with van der Waals surface area (Å²) in [4.78, 5) is 130. The van der Waals surface area contributed by atoms with E-state index in [0.29, 0.717) is 57.8 Å². The van der Waals surface area contributed by atoms with Gasteiger partial charge in [-0.15, -0.1) is 0 Å². The number of rotatable bonds is 54. The molecule has 0 aromatic rings. The lowest BCUT2D eigenvalue weighted by Gasteiger charge is -2.82. The third kappa shape index (κ3) is 21.3. The van der Waals surface area contributed by atoms with Gasteiger partial charge in [0.25, 0.3) is 0 Å². The van der Waals surface area contributed by atoms with E-state index in [9.17, 15) is 93.9 Å². The highest BCUT2D eigenvalue weighted by Crippen LogP contribution is 2.74. The fourth-order valence-corrected chi connectivity index (χ4v) is 15.6. The van der Waals surface area contributed by atoms with Crippen molar-refractivity contribution in [3.8, 4) is 0 Å². The number of carbonyl (C=O) groups is 10. The van der Waals surface area contributed by atoms with Gasteiger partial charge in [0.2, 0.25) is 59.1 Å². The number of hydrogen-bond donors (Lipinski definition) is 20. The maximum Gasteiger partial charge on any atom is 0.248 e. The van der Waals surface area contributed by atoms with Gasteiger partial charge < -0.3 is 142 Å². The quantitative estimate of drug-likeness (QED) is 0.0199. The highest BCUT2D eigenvalue weighted by Gasteiger charge is 2.92. The first kappa shape index (κ1) is 88.1. The molecular formula is C67H113N11O29. The average molecular weight is 1540 g/mol. The number of unbranched alkanes of at least 4 members (excludes halogenated alkanes) is 3. The number of aliphatic hydroxyl groups is 9. The second kappa shape index (κ2) is 41.8. The molecule has 21 N–H and O–H groups in total. The summed E-state index contributed by atoms with van der Waals surface area (Å²) in [5.74, 6) is 0.0716. The summed E-state index contributed by atoms with van der Waals surface area (Å²) in [6, 6.07) is -1.09. The fraction of sp³-hybridized carbons (Fsp3) is 0.851. The number of nitrogens with two attached hydrogens (primary N) is 1. The van der Waals surface area contributed by atoms with E-state index in [1.165, 1.54) is 20.8 Å². The second-order valence-corrected chi connectivity index (χ2v) is 28.4. The van der Waals surface area contributed by atoms with E-state index in [1.54, 1.807) is 0 Å². The molecule has 610 valence electrons. The maximum absolute atomic E-state index is 13.1. The molecule has 0 aromatic carbocycles. The molecule has 3 heterocycles. The Balaban J connectivity index is 0.775. The van der Waals surface area contributed by atoms with Gasteiger partial charge >= 0.3 is 0 Å². The van der Waals surface area contributed by atoms with Gasteiger partial charge in [0, 0.05) is 130 Å². The minimum absolute atomic E-state index is 0.0779. The normalized spacial score (nSPS) is 31.5. The third-order valence-electron chi connectivity index (χ3n) is 20.7. The van der Waals surface area contributed by atoms with Crippen molar-refractivity contribution in [3.63, 3.8) is 0 Å². The van der Waals surface area contributed by atoms with Crippen molar-refractivity contribution in [2.75, 3.05) is 125 Å². The van der Waals surface area contributed by atoms with Crippen LogP contribution in [0.1, 0.15) is 117 Å². The largest absolute Gasteiger partial charge is 0.396 e. The molecule has 0 spiro atoms. The van der Waals surface area contributed by atoms with Crippen LogP contribution in [0.5, 0.6) is 0 Å². The predicted octanol–water partition coefficient (Wildman–Crippen LogP) is -8.79. The van der Waals surface area contributed by atoms with Crippen LogP contribution in [0.4, 0.5) is 0 Å². The highest BCUT2D eigenvalue weighted by atomic mass is 16.7. The molecule has 4 aliphatic carbocycles. The zero-order valence-electron chi connectivity index (χ0n) is 61.0. The molecular weight excluding hydrogens is 1420 g/mol. The number of amides is 10. The summed E-state index contributed by atoms with van der Waals surface area (Å²) in [5.41, 5.74) is -5.83. The van der Waals surface area contributed by atoms with Crippen LogP contribution in [0.25, 0.3) is 0 Å². The van der Waals surface area contributed by atoms with E-state index in [2.05, 4.69) is 58.0 Å². The summed E-state index contributed by atoms with van der Waals surface area (Å²) in [5, 5.41) is 119. The molecule has 7 fully saturated rings. The van der Waals surface area contributed by atoms with Gasteiger partial charge in [-0.25, -0.2) is 5.90 Å². The third-order valence-corrected chi connectivity index (χ3v) is 20.7. The number of nitrogens with one attached hydrogen (secondary N) is 10. The van der Waals surface area contributed by atoms with Crippen molar-refractivity contribution in [3.05, 3.63) is 0 Å². The molecule has 3 aliphatic heterocycles. The van der Waals surface area contributed by atoms with Crippen LogP contribution in [0, 0.1) is 22.7 Å². The standard InChI is InChI=1S/C67H113N11O29/c1-38(82)75-49-51(93)50(92)41(31-79)105-58(49)101-25-7-4-13-42(85)69-19-10-22-72-45(88)16-28-98-35-63(78-48(91)32-104-68,36-99-29-17-46(89)73-23-11-20-70-43(86)14-5-8-26-102-61-66(76-39(2)83)54-52(94)56(96)64(54,33-80)59(66)106-61)37-100-30-18-47(90)74-24-12-21-71-44(87)15-6-9-27-103-62-67(77-40(3)84)55-53(95)57(97)65(55,34-81)60(67)107-62/h41,49-62,79-81,92-97H,4-37,68H2,1-3H3,(H,69,85)(H,70,86)(H,71,87)(H,72,88)(H,73,89)(H,74,90)(H,75,82)(H,76,83)(H,77,84)(H,78,91).